The van der Waals surface area contributed by atoms with Gasteiger partial charge < -0.3 is 15.2 Å². The number of hydrogen-bond acceptors (Lipinski definition) is 6. The third-order valence-electron chi connectivity index (χ3n) is 4.81. The summed E-state index contributed by atoms with van der Waals surface area (Å²) in [7, 11) is 0. The summed E-state index contributed by atoms with van der Waals surface area (Å²) in [5, 5.41) is 13.8. The van der Waals surface area contributed by atoms with Crippen molar-refractivity contribution < 1.29 is 4.79 Å². The fourth-order valence-electron chi connectivity index (χ4n) is 3.30. The molecule has 1 aliphatic heterocycles. The van der Waals surface area contributed by atoms with Crippen LogP contribution in [0.4, 0.5) is 5.82 Å². The van der Waals surface area contributed by atoms with Crippen LogP contribution in [0, 0.1) is 0 Å². The number of aromatic nitrogens is 5. The predicted octanol–water partition coefficient (Wildman–Crippen LogP) is 0.554. The molecule has 25 heavy (non-hydrogen) atoms. The lowest BCUT2D eigenvalue weighted by Crippen LogP contribution is -2.36. The third kappa shape index (κ3) is 3.54. The molecule has 0 bridgehead atoms. The Balaban J connectivity index is 1.38. The molecule has 0 radical (unpaired) electrons. The number of H-pyrrole nitrogens is 2. The van der Waals surface area contributed by atoms with Gasteiger partial charge in [-0.05, 0) is 32.1 Å². The predicted molar refractivity (Wildman–Crippen MR) is 90.5 cm³/mol. The van der Waals surface area contributed by atoms with E-state index in [1.807, 2.05) is 0 Å². The number of carbonyl (C=O) groups is 1. The van der Waals surface area contributed by atoms with Gasteiger partial charge in [0.15, 0.2) is 5.69 Å². The summed E-state index contributed by atoms with van der Waals surface area (Å²) >= 11 is 0. The van der Waals surface area contributed by atoms with Gasteiger partial charge in [-0.2, -0.15) is 15.4 Å². The lowest BCUT2D eigenvalue weighted by molar-refractivity contribution is 0.0928. The third-order valence-corrected chi connectivity index (χ3v) is 4.81. The second-order valence-corrected chi connectivity index (χ2v) is 6.69. The van der Waals surface area contributed by atoms with Gasteiger partial charge in [0, 0.05) is 31.1 Å². The Hall–Kier alpha value is -2.71. The van der Waals surface area contributed by atoms with E-state index < -0.39 is 0 Å². The van der Waals surface area contributed by atoms with Crippen molar-refractivity contribution in [3.8, 4) is 0 Å². The van der Waals surface area contributed by atoms with Gasteiger partial charge in [0.05, 0.1) is 12.0 Å². The highest BCUT2D eigenvalue weighted by Crippen LogP contribution is 2.39. The van der Waals surface area contributed by atoms with Crippen LogP contribution in [0.15, 0.2) is 17.2 Å². The van der Waals surface area contributed by atoms with E-state index in [4.69, 9.17) is 0 Å². The first-order chi connectivity index (χ1) is 12.2. The number of rotatable bonds is 4. The standard InChI is InChI=1S/C16H21N7O2/c24-13-8-12(17-9-18-13)23-6-1-2-11(5-7-23)19-16(25)15-14(10-3-4-10)20-22-21-15/h8-11H,1-7H2,(H,19,25)(H,17,18,24)(H,20,21,22). The minimum Gasteiger partial charge on any atom is -0.356 e. The molecule has 4 rings (SSSR count). The van der Waals surface area contributed by atoms with Gasteiger partial charge in [0.25, 0.3) is 11.5 Å². The first kappa shape index (κ1) is 15.8. The molecule has 3 N–H and O–H groups in total. The molecule has 9 heteroatoms. The molecular formula is C16H21N7O2. The molecule has 0 spiro atoms. The maximum Gasteiger partial charge on any atom is 0.273 e. The molecule has 1 saturated carbocycles. The number of nitrogens with zero attached hydrogens (tertiary/aromatic N) is 4. The van der Waals surface area contributed by atoms with Crippen LogP contribution in [0.2, 0.25) is 0 Å². The van der Waals surface area contributed by atoms with E-state index >= 15 is 0 Å². The van der Waals surface area contributed by atoms with Crippen molar-refractivity contribution in [3.05, 3.63) is 34.1 Å². The minimum absolute atomic E-state index is 0.0863. The van der Waals surface area contributed by atoms with Crippen molar-refractivity contribution in [1.82, 2.24) is 30.7 Å². The number of anilines is 1. The maximum absolute atomic E-state index is 12.5. The van der Waals surface area contributed by atoms with Gasteiger partial charge in [-0.15, -0.1) is 0 Å². The van der Waals surface area contributed by atoms with Crippen molar-refractivity contribution in [3.63, 3.8) is 0 Å². The van der Waals surface area contributed by atoms with Crippen LogP contribution in [0.1, 0.15) is 54.2 Å². The van der Waals surface area contributed by atoms with E-state index in [0.29, 0.717) is 17.4 Å². The van der Waals surface area contributed by atoms with E-state index in [1.165, 1.54) is 12.4 Å². The number of nitrogens with one attached hydrogen (secondary N) is 3. The van der Waals surface area contributed by atoms with Crippen LogP contribution in [0.5, 0.6) is 0 Å². The van der Waals surface area contributed by atoms with Gasteiger partial charge in [-0.25, -0.2) is 4.98 Å². The summed E-state index contributed by atoms with van der Waals surface area (Å²) in [6.07, 6.45) is 6.20. The molecule has 2 aliphatic rings. The molecule has 1 saturated heterocycles. The molecule has 3 heterocycles. The van der Waals surface area contributed by atoms with Crippen LogP contribution in [0.25, 0.3) is 0 Å². The van der Waals surface area contributed by atoms with Crippen molar-refractivity contribution in [2.75, 3.05) is 18.0 Å². The van der Waals surface area contributed by atoms with E-state index in [9.17, 15) is 9.59 Å². The molecule has 1 aliphatic carbocycles. The summed E-state index contributed by atoms with van der Waals surface area (Å²) in [5.41, 5.74) is 1.07. The van der Waals surface area contributed by atoms with Gasteiger partial charge in [-0.1, -0.05) is 0 Å². The highest BCUT2D eigenvalue weighted by molar-refractivity contribution is 5.93. The van der Waals surface area contributed by atoms with Crippen LogP contribution >= 0.6 is 0 Å². The Labute approximate surface area is 144 Å². The molecule has 2 aromatic heterocycles. The Morgan fingerprint density at radius 3 is 2.88 bits per heavy atom. The summed E-state index contributed by atoms with van der Waals surface area (Å²) < 4.78 is 0. The van der Waals surface area contributed by atoms with Crippen LogP contribution in [-0.2, 0) is 0 Å². The highest BCUT2D eigenvalue weighted by atomic mass is 16.2. The van der Waals surface area contributed by atoms with Crippen LogP contribution in [-0.4, -0.2) is 50.4 Å². The first-order valence-corrected chi connectivity index (χ1v) is 8.72. The molecule has 1 atom stereocenters. The highest BCUT2D eigenvalue weighted by Gasteiger charge is 2.32. The Morgan fingerprint density at radius 2 is 2.08 bits per heavy atom. The molecule has 0 aromatic carbocycles. The quantitative estimate of drug-likeness (QED) is 0.746. The number of carbonyl (C=O) groups excluding carboxylic acids is 1. The van der Waals surface area contributed by atoms with Crippen LogP contribution in [0.3, 0.4) is 0 Å². The largest absolute Gasteiger partial charge is 0.356 e. The molecule has 132 valence electrons. The zero-order valence-electron chi connectivity index (χ0n) is 13.9. The van der Waals surface area contributed by atoms with Crippen LogP contribution < -0.4 is 15.8 Å². The number of aromatic amines is 2. The SMILES string of the molecule is O=C(NC1CCCN(c2cc(=O)[nH]cn2)CC1)c1n[nH]nc1C1CC1. The van der Waals surface area contributed by atoms with Crippen molar-refractivity contribution in [2.45, 2.75) is 44.1 Å². The molecule has 2 fully saturated rings. The van der Waals surface area contributed by atoms with E-state index in [2.05, 4.69) is 35.6 Å². The maximum atomic E-state index is 12.5. The summed E-state index contributed by atoms with van der Waals surface area (Å²) in [6, 6.07) is 1.60. The molecule has 1 amide bonds. The first-order valence-electron chi connectivity index (χ1n) is 8.72. The van der Waals surface area contributed by atoms with Crippen molar-refractivity contribution in [2.24, 2.45) is 0 Å². The Morgan fingerprint density at radius 1 is 1.20 bits per heavy atom. The zero-order chi connectivity index (χ0) is 17.2. The Bertz CT molecular complexity index is 811. The van der Waals surface area contributed by atoms with E-state index in [-0.39, 0.29) is 17.5 Å². The Kier molecular flexibility index (Phi) is 4.21. The molecular weight excluding hydrogens is 322 g/mol. The fraction of sp³-hybridized carbons (Fsp3) is 0.562. The summed E-state index contributed by atoms with van der Waals surface area (Å²) in [5.74, 6) is 0.915. The second-order valence-electron chi connectivity index (χ2n) is 6.69. The normalized spacial score (nSPS) is 21.0. The molecule has 1 unspecified atom stereocenters. The molecule has 2 aromatic rings. The average Bonchev–Trinajstić information content (AvgIpc) is 3.38. The smallest absolute Gasteiger partial charge is 0.273 e. The summed E-state index contributed by atoms with van der Waals surface area (Å²) in [4.78, 5) is 32.8. The monoisotopic (exact) mass is 343 g/mol. The van der Waals surface area contributed by atoms with Crippen molar-refractivity contribution >= 4 is 11.7 Å². The lowest BCUT2D eigenvalue weighted by atomic mass is 10.1. The minimum atomic E-state index is -0.155. The zero-order valence-corrected chi connectivity index (χ0v) is 13.9. The van der Waals surface area contributed by atoms with Crippen molar-refractivity contribution in [1.29, 1.82) is 0 Å². The molecule has 9 nitrogen and oxygen atoms in total. The average molecular weight is 343 g/mol. The second kappa shape index (κ2) is 6.66. The number of hydrogen-bond donors (Lipinski definition) is 3. The fourth-order valence-corrected chi connectivity index (χ4v) is 3.30. The number of amides is 1. The van der Waals surface area contributed by atoms with E-state index in [0.717, 1.165) is 50.9 Å². The lowest BCUT2D eigenvalue weighted by Gasteiger charge is -2.21. The van der Waals surface area contributed by atoms with Gasteiger partial charge in [-0.3, -0.25) is 9.59 Å². The topological polar surface area (TPSA) is 120 Å². The van der Waals surface area contributed by atoms with Gasteiger partial charge in [0.2, 0.25) is 0 Å². The van der Waals surface area contributed by atoms with Gasteiger partial charge >= 0.3 is 0 Å². The van der Waals surface area contributed by atoms with E-state index in [1.54, 1.807) is 0 Å². The summed E-state index contributed by atoms with van der Waals surface area (Å²) in [6.45, 7) is 1.57. The van der Waals surface area contributed by atoms with Gasteiger partial charge in [0.1, 0.15) is 5.82 Å².